The van der Waals surface area contributed by atoms with Gasteiger partial charge in [-0.1, -0.05) is 12.5 Å². The molecule has 1 N–H and O–H groups in total. The molecule has 0 radical (unpaired) electrons. The molecule has 138 valence electrons. The van der Waals surface area contributed by atoms with Crippen LogP contribution in [0.15, 0.2) is 47.5 Å². The summed E-state index contributed by atoms with van der Waals surface area (Å²) in [5.74, 6) is -0.309. The Morgan fingerprint density at radius 3 is 2.62 bits per heavy atom. The summed E-state index contributed by atoms with van der Waals surface area (Å²) >= 11 is 0. The first-order valence-electron chi connectivity index (χ1n) is 7.99. The molecule has 0 aliphatic heterocycles. The van der Waals surface area contributed by atoms with Crippen LogP contribution >= 0.6 is 0 Å². The molecule has 0 amide bonds. The van der Waals surface area contributed by atoms with Crippen molar-refractivity contribution < 1.29 is 17.6 Å². The standard InChI is InChI=1S/C19H19F4N3/c1-4-24-12-13(2)16(10-14(3)20)6-5-9-26-17(15-7-8-15)11-18(25-26)19(21,22)23/h1,5-6,9-12,15,24H,7-8H2,2-3H3/b9-5+,13-12+,14-10+,16-6+. The van der Waals surface area contributed by atoms with Gasteiger partial charge in [-0.2, -0.15) is 18.3 Å². The van der Waals surface area contributed by atoms with Gasteiger partial charge in [-0.05, 0) is 56.1 Å². The van der Waals surface area contributed by atoms with Crippen molar-refractivity contribution in [3.63, 3.8) is 0 Å². The van der Waals surface area contributed by atoms with Crippen molar-refractivity contribution in [3.8, 4) is 12.5 Å². The van der Waals surface area contributed by atoms with E-state index in [0.717, 1.165) is 18.9 Å². The van der Waals surface area contributed by atoms with E-state index in [4.69, 9.17) is 6.42 Å². The van der Waals surface area contributed by atoms with Crippen molar-refractivity contribution in [2.45, 2.75) is 38.8 Å². The number of allylic oxidation sites excluding steroid dienone is 6. The van der Waals surface area contributed by atoms with Crippen LogP contribution in [0.4, 0.5) is 17.6 Å². The van der Waals surface area contributed by atoms with Crippen molar-refractivity contribution in [1.82, 2.24) is 15.1 Å². The topological polar surface area (TPSA) is 29.9 Å². The Morgan fingerprint density at radius 1 is 1.38 bits per heavy atom. The molecule has 1 aromatic rings. The Labute approximate surface area is 149 Å². The quantitative estimate of drug-likeness (QED) is 0.328. The van der Waals surface area contributed by atoms with Gasteiger partial charge in [0.2, 0.25) is 0 Å². The van der Waals surface area contributed by atoms with Gasteiger partial charge >= 0.3 is 6.18 Å². The van der Waals surface area contributed by atoms with Gasteiger partial charge in [-0.15, -0.1) is 0 Å². The van der Waals surface area contributed by atoms with Crippen molar-refractivity contribution in [1.29, 1.82) is 0 Å². The zero-order valence-electron chi connectivity index (χ0n) is 14.4. The molecular weight excluding hydrogens is 346 g/mol. The van der Waals surface area contributed by atoms with Crippen molar-refractivity contribution in [2.24, 2.45) is 0 Å². The van der Waals surface area contributed by atoms with Gasteiger partial charge in [0.25, 0.3) is 0 Å². The van der Waals surface area contributed by atoms with E-state index >= 15 is 0 Å². The molecule has 1 heterocycles. The third-order valence-electron chi connectivity index (χ3n) is 3.74. The van der Waals surface area contributed by atoms with E-state index in [0.29, 0.717) is 16.8 Å². The summed E-state index contributed by atoms with van der Waals surface area (Å²) in [5, 5.41) is 6.20. The Bertz CT molecular complexity index is 809. The third kappa shape index (κ3) is 5.38. The largest absolute Gasteiger partial charge is 0.435 e. The van der Waals surface area contributed by atoms with E-state index in [1.165, 1.54) is 36.2 Å². The number of hydrogen-bond donors (Lipinski definition) is 1. The second-order valence-electron chi connectivity index (χ2n) is 5.98. The van der Waals surface area contributed by atoms with Gasteiger partial charge in [0.1, 0.15) is 0 Å². The highest BCUT2D eigenvalue weighted by atomic mass is 19.4. The Balaban J connectivity index is 2.31. The fourth-order valence-corrected chi connectivity index (χ4v) is 2.32. The Morgan fingerprint density at radius 2 is 2.08 bits per heavy atom. The molecule has 1 aromatic heterocycles. The lowest BCUT2D eigenvalue weighted by atomic mass is 10.1. The molecule has 1 fully saturated rings. The van der Waals surface area contributed by atoms with Crippen molar-refractivity contribution >= 4 is 6.20 Å². The molecule has 7 heteroatoms. The first-order valence-corrected chi connectivity index (χ1v) is 7.99. The van der Waals surface area contributed by atoms with Crippen LogP contribution in [-0.2, 0) is 6.18 Å². The van der Waals surface area contributed by atoms with E-state index in [1.807, 2.05) is 0 Å². The van der Waals surface area contributed by atoms with Gasteiger partial charge in [0, 0.05) is 30.1 Å². The van der Waals surface area contributed by atoms with Gasteiger partial charge in [-0.25, -0.2) is 9.07 Å². The summed E-state index contributed by atoms with van der Waals surface area (Å²) in [5.41, 5.74) is 0.813. The molecule has 0 aromatic carbocycles. The lowest BCUT2D eigenvalue weighted by Crippen LogP contribution is -2.06. The molecule has 1 aliphatic carbocycles. The summed E-state index contributed by atoms with van der Waals surface area (Å²) in [7, 11) is 0. The van der Waals surface area contributed by atoms with Crippen LogP contribution in [0.1, 0.15) is 44.0 Å². The Kier molecular flexibility index (Phi) is 6.09. The molecule has 26 heavy (non-hydrogen) atoms. The van der Waals surface area contributed by atoms with Crippen LogP contribution in [0.25, 0.3) is 6.20 Å². The van der Waals surface area contributed by atoms with Crippen LogP contribution in [0.5, 0.6) is 0 Å². The van der Waals surface area contributed by atoms with E-state index in [9.17, 15) is 17.6 Å². The monoisotopic (exact) mass is 365 g/mol. The zero-order valence-corrected chi connectivity index (χ0v) is 14.4. The first kappa shape index (κ1) is 19.6. The summed E-state index contributed by atoms with van der Waals surface area (Å²) in [6.07, 6.45) is 9.71. The van der Waals surface area contributed by atoms with E-state index < -0.39 is 17.7 Å². The lowest BCUT2D eigenvalue weighted by molar-refractivity contribution is -0.141. The minimum Gasteiger partial charge on any atom is -0.322 e. The van der Waals surface area contributed by atoms with Crippen LogP contribution in [-0.4, -0.2) is 9.78 Å². The molecule has 3 nitrogen and oxygen atoms in total. The second-order valence-corrected chi connectivity index (χ2v) is 5.98. The molecule has 0 spiro atoms. The predicted octanol–water partition coefficient (Wildman–Crippen LogP) is 5.13. The molecule has 0 unspecified atom stereocenters. The van der Waals surface area contributed by atoms with Crippen LogP contribution < -0.4 is 5.32 Å². The van der Waals surface area contributed by atoms with Crippen LogP contribution in [0, 0.1) is 12.5 Å². The smallest absolute Gasteiger partial charge is 0.322 e. The molecule has 0 saturated heterocycles. The van der Waals surface area contributed by atoms with Gasteiger partial charge in [0.15, 0.2) is 5.69 Å². The maximum absolute atomic E-state index is 13.3. The average molecular weight is 365 g/mol. The average Bonchev–Trinajstić information content (AvgIpc) is 3.30. The number of hydrogen-bond acceptors (Lipinski definition) is 2. The highest BCUT2D eigenvalue weighted by molar-refractivity contribution is 5.44. The highest BCUT2D eigenvalue weighted by Crippen LogP contribution is 2.42. The molecule has 1 saturated carbocycles. The number of terminal acetylenes is 1. The molecule has 0 atom stereocenters. The normalized spacial score (nSPS) is 16.9. The maximum Gasteiger partial charge on any atom is 0.435 e. The van der Waals surface area contributed by atoms with Gasteiger partial charge in [0.05, 0.1) is 5.83 Å². The van der Waals surface area contributed by atoms with E-state index in [-0.39, 0.29) is 5.92 Å². The minimum absolute atomic E-state index is 0.0983. The summed E-state index contributed by atoms with van der Waals surface area (Å²) in [6.45, 7) is 3.03. The maximum atomic E-state index is 13.3. The predicted molar refractivity (Wildman–Crippen MR) is 93.2 cm³/mol. The highest BCUT2D eigenvalue weighted by Gasteiger charge is 2.37. The molecule has 0 bridgehead atoms. The number of alkyl halides is 3. The van der Waals surface area contributed by atoms with Gasteiger partial charge < -0.3 is 5.32 Å². The molecule has 1 aliphatic rings. The summed E-state index contributed by atoms with van der Waals surface area (Å²) in [6, 6.07) is 3.31. The van der Waals surface area contributed by atoms with Crippen LogP contribution in [0.2, 0.25) is 0 Å². The first-order chi connectivity index (χ1) is 12.2. The lowest BCUT2D eigenvalue weighted by Gasteiger charge is -2.03. The van der Waals surface area contributed by atoms with Crippen LogP contribution in [0.3, 0.4) is 0 Å². The third-order valence-corrected chi connectivity index (χ3v) is 3.74. The SMILES string of the molecule is C#CN/C=C(C)/C(/C=C(\C)F)=C/C=C/n1nc(C(F)(F)F)cc1C1CC1. The minimum atomic E-state index is -4.49. The molecule has 2 rings (SSSR count). The molecular formula is C19H19F4N3. The van der Waals surface area contributed by atoms with Crippen molar-refractivity contribution in [2.75, 3.05) is 0 Å². The number of aromatic nitrogens is 2. The fraction of sp³-hybridized carbons (Fsp3) is 0.316. The zero-order chi connectivity index (χ0) is 19.3. The number of halogens is 4. The number of nitrogens with one attached hydrogen (secondary N) is 1. The Hall–Kier alpha value is -2.75. The van der Waals surface area contributed by atoms with Crippen molar-refractivity contribution in [3.05, 3.63) is 58.9 Å². The number of nitrogens with zero attached hydrogens (tertiary/aromatic N) is 2. The summed E-state index contributed by atoms with van der Waals surface area (Å²) < 4.78 is 53.2. The van der Waals surface area contributed by atoms with E-state index in [1.54, 1.807) is 13.0 Å². The van der Waals surface area contributed by atoms with E-state index in [2.05, 4.69) is 16.5 Å². The second kappa shape index (κ2) is 8.09. The summed E-state index contributed by atoms with van der Waals surface area (Å²) in [4.78, 5) is 0. The fourth-order valence-electron chi connectivity index (χ4n) is 2.32. The van der Waals surface area contributed by atoms with Gasteiger partial charge in [-0.3, -0.25) is 0 Å². The number of rotatable bonds is 6.